The second kappa shape index (κ2) is 5.00. The quantitative estimate of drug-likeness (QED) is 0.927. The third-order valence-electron chi connectivity index (χ3n) is 5.36. The lowest BCUT2D eigenvalue weighted by molar-refractivity contribution is 0.129. The van der Waals surface area contributed by atoms with E-state index in [-0.39, 0.29) is 5.54 Å². The summed E-state index contributed by atoms with van der Waals surface area (Å²) in [5.74, 6) is 1.53. The van der Waals surface area contributed by atoms with Gasteiger partial charge in [0.1, 0.15) is 0 Å². The van der Waals surface area contributed by atoms with Crippen LogP contribution >= 0.6 is 11.6 Å². The van der Waals surface area contributed by atoms with Gasteiger partial charge in [-0.25, -0.2) is 0 Å². The molecule has 0 aliphatic carbocycles. The molecule has 2 aliphatic heterocycles. The monoisotopic (exact) mass is 296 g/mol. The highest BCUT2D eigenvalue weighted by atomic mass is 35.5. The van der Waals surface area contributed by atoms with Gasteiger partial charge < -0.3 is 5.32 Å². The number of aromatic nitrogens is 2. The lowest BCUT2D eigenvalue weighted by Crippen LogP contribution is -2.44. The van der Waals surface area contributed by atoms with Crippen molar-refractivity contribution in [2.45, 2.75) is 39.3 Å². The van der Waals surface area contributed by atoms with Gasteiger partial charge in [0.25, 0.3) is 0 Å². The van der Waals surface area contributed by atoms with E-state index in [9.17, 15) is 0 Å². The Kier molecular flexibility index (Phi) is 3.59. The van der Waals surface area contributed by atoms with E-state index >= 15 is 0 Å². The summed E-state index contributed by atoms with van der Waals surface area (Å²) in [4.78, 5) is 2.59. The fraction of sp³-hybridized carbons (Fsp3) is 0.800. The van der Waals surface area contributed by atoms with Crippen molar-refractivity contribution < 1.29 is 0 Å². The van der Waals surface area contributed by atoms with Gasteiger partial charge in [-0.15, -0.1) is 0 Å². The van der Waals surface area contributed by atoms with Crippen molar-refractivity contribution in [1.29, 1.82) is 0 Å². The Morgan fingerprint density at radius 1 is 1.40 bits per heavy atom. The first-order chi connectivity index (χ1) is 9.45. The zero-order valence-corrected chi connectivity index (χ0v) is 13.7. The number of likely N-dealkylation sites (tertiary alicyclic amines) is 1. The molecular weight excluding hydrogens is 272 g/mol. The first-order valence-corrected chi connectivity index (χ1v) is 7.99. The SMILES string of the molecule is CCc1nn(C)c(CN2CC3CNCC3C2(C)C)c1Cl. The van der Waals surface area contributed by atoms with Gasteiger partial charge >= 0.3 is 0 Å². The largest absolute Gasteiger partial charge is 0.316 e. The Balaban J connectivity index is 1.83. The summed E-state index contributed by atoms with van der Waals surface area (Å²) in [6.45, 7) is 11.2. The molecule has 2 fully saturated rings. The zero-order valence-electron chi connectivity index (χ0n) is 12.9. The Labute approximate surface area is 126 Å². The Morgan fingerprint density at radius 3 is 2.75 bits per heavy atom. The van der Waals surface area contributed by atoms with Gasteiger partial charge in [0.15, 0.2) is 0 Å². The van der Waals surface area contributed by atoms with E-state index in [0.717, 1.165) is 60.8 Å². The van der Waals surface area contributed by atoms with Crippen LogP contribution in [0, 0.1) is 11.8 Å². The van der Waals surface area contributed by atoms with Crippen molar-refractivity contribution in [3.8, 4) is 0 Å². The molecule has 2 unspecified atom stereocenters. The molecule has 0 aromatic carbocycles. The molecule has 3 rings (SSSR count). The maximum atomic E-state index is 6.50. The van der Waals surface area contributed by atoms with E-state index in [1.165, 1.54) is 0 Å². The van der Waals surface area contributed by atoms with Crippen LogP contribution in [-0.2, 0) is 20.0 Å². The van der Waals surface area contributed by atoms with Crippen LogP contribution in [0.2, 0.25) is 5.02 Å². The number of hydrogen-bond acceptors (Lipinski definition) is 3. The highest BCUT2D eigenvalue weighted by molar-refractivity contribution is 6.31. The molecule has 5 heteroatoms. The normalized spacial score (nSPS) is 29.1. The summed E-state index contributed by atoms with van der Waals surface area (Å²) in [6.07, 6.45) is 0.894. The van der Waals surface area contributed by atoms with Crippen LogP contribution in [0.4, 0.5) is 0 Å². The second-order valence-electron chi connectivity index (χ2n) is 6.74. The highest BCUT2D eigenvalue weighted by Crippen LogP contribution is 2.41. The van der Waals surface area contributed by atoms with Gasteiger partial charge in [-0.2, -0.15) is 5.10 Å². The van der Waals surface area contributed by atoms with Gasteiger partial charge in [0.2, 0.25) is 0 Å². The molecule has 0 spiro atoms. The fourth-order valence-electron chi connectivity index (χ4n) is 3.95. The van der Waals surface area contributed by atoms with E-state index in [4.69, 9.17) is 11.6 Å². The van der Waals surface area contributed by atoms with E-state index in [2.05, 4.69) is 36.1 Å². The predicted molar refractivity (Wildman–Crippen MR) is 81.9 cm³/mol. The predicted octanol–water partition coefficient (Wildman–Crippen LogP) is 2.07. The maximum absolute atomic E-state index is 6.50. The minimum absolute atomic E-state index is 0.230. The second-order valence-corrected chi connectivity index (χ2v) is 7.12. The molecular formula is C15H25ClN4. The first-order valence-electron chi connectivity index (χ1n) is 7.61. The Bertz CT molecular complexity index is 508. The number of halogens is 1. The smallest absolute Gasteiger partial charge is 0.0863 e. The summed E-state index contributed by atoms with van der Waals surface area (Å²) in [5, 5.41) is 8.93. The molecule has 3 heterocycles. The molecule has 20 heavy (non-hydrogen) atoms. The summed E-state index contributed by atoms with van der Waals surface area (Å²) >= 11 is 6.50. The molecule has 2 atom stereocenters. The molecule has 0 saturated carbocycles. The number of rotatable bonds is 3. The first kappa shape index (κ1) is 14.4. The molecule has 1 aromatic rings. The van der Waals surface area contributed by atoms with E-state index in [1.54, 1.807) is 0 Å². The minimum atomic E-state index is 0.230. The summed E-state index contributed by atoms with van der Waals surface area (Å²) in [6, 6.07) is 0. The third kappa shape index (κ3) is 2.09. The van der Waals surface area contributed by atoms with Crippen LogP contribution in [0.5, 0.6) is 0 Å². The number of fused-ring (bicyclic) bond motifs is 1. The highest BCUT2D eigenvalue weighted by Gasteiger charge is 2.49. The van der Waals surface area contributed by atoms with Gasteiger partial charge in [-0.05, 0) is 38.6 Å². The van der Waals surface area contributed by atoms with Gasteiger partial charge in [0.05, 0.1) is 16.4 Å². The van der Waals surface area contributed by atoms with Crippen molar-refractivity contribution in [3.05, 3.63) is 16.4 Å². The van der Waals surface area contributed by atoms with Crippen LogP contribution in [0.25, 0.3) is 0 Å². The summed E-state index contributed by atoms with van der Waals surface area (Å²) in [5.41, 5.74) is 2.40. The van der Waals surface area contributed by atoms with Crippen LogP contribution in [-0.4, -0.2) is 39.9 Å². The molecule has 0 amide bonds. The van der Waals surface area contributed by atoms with Crippen molar-refractivity contribution in [3.63, 3.8) is 0 Å². The minimum Gasteiger partial charge on any atom is -0.316 e. The van der Waals surface area contributed by atoms with E-state index in [0.29, 0.717) is 0 Å². The standard InChI is InChI=1S/C15H25ClN4/c1-5-12-14(16)13(19(4)18-12)9-20-8-10-6-17-7-11(10)15(20,2)3/h10-11,17H,5-9H2,1-4H3. The van der Waals surface area contributed by atoms with Crippen LogP contribution in [0.1, 0.15) is 32.2 Å². The van der Waals surface area contributed by atoms with Gasteiger partial charge in [-0.1, -0.05) is 18.5 Å². The molecule has 2 aliphatic rings. The summed E-state index contributed by atoms with van der Waals surface area (Å²) < 4.78 is 1.96. The maximum Gasteiger partial charge on any atom is 0.0863 e. The molecule has 112 valence electrons. The fourth-order valence-corrected chi connectivity index (χ4v) is 4.30. The zero-order chi connectivity index (χ0) is 14.5. The molecule has 4 nitrogen and oxygen atoms in total. The number of aryl methyl sites for hydroxylation is 2. The number of nitrogens with zero attached hydrogens (tertiary/aromatic N) is 3. The van der Waals surface area contributed by atoms with Crippen LogP contribution in [0.15, 0.2) is 0 Å². The van der Waals surface area contributed by atoms with Crippen LogP contribution in [0.3, 0.4) is 0 Å². The topological polar surface area (TPSA) is 33.1 Å². The average Bonchev–Trinajstić information content (AvgIpc) is 3.02. The van der Waals surface area contributed by atoms with Gasteiger partial charge in [0, 0.05) is 32.2 Å². The lowest BCUT2D eigenvalue weighted by Gasteiger charge is -2.35. The molecule has 2 saturated heterocycles. The molecule has 1 aromatic heterocycles. The molecule has 1 N–H and O–H groups in total. The van der Waals surface area contributed by atoms with E-state index < -0.39 is 0 Å². The Hall–Kier alpha value is -0.580. The average molecular weight is 297 g/mol. The molecule has 0 bridgehead atoms. The Morgan fingerprint density at radius 2 is 2.15 bits per heavy atom. The van der Waals surface area contributed by atoms with Crippen LogP contribution < -0.4 is 5.32 Å². The van der Waals surface area contributed by atoms with Crippen molar-refractivity contribution in [1.82, 2.24) is 20.0 Å². The lowest BCUT2D eigenvalue weighted by atomic mass is 9.85. The number of hydrogen-bond donors (Lipinski definition) is 1. The van der Waals surface area contributed by atoms with Crippen molar-refractivity contribution >= 4 is 11.6 Å². The van der Waals surface area contributed by atoms with Crippen molar-refractivity contribution in [2.24, 2.45) is 18.9 Å². The molecule has 0 radical (unpaired) electrons. The van der Waals surface area contributed by atoms with Gasteiger partial charge in [-0.3, -0.25) is 9.58 Å². The third-order valence-corrected chi connectivity index (χ3v) is 5.80. The summed E-state index contributed by atoms with van der Waals surface area (Å²) in [7, 11) is 2.01. The van der Waals surface area contributed by atoms with Crippen molar-refractivity contribution in [2.75, 3.05) is 19.6 Å². The van der Waals surface area contributed by atoms with E-state index in [1.807, 2.05) is 11.7 Å². The number of nitrogens with one attached hydrogen (secondary N) is 1.